The first-order chi connectivity index (χ1) is 30.5. The van der Waals surface area contributed by atoms with Gasteiger partial charge in [0, 0.05) is 6.42 Å². The molecule has 1 amide bonds. The number of hydrogen-bond acceptors (Lipinski definition) is 6. The minimum atomic E-state index is -4.56. The van der Waals surface area contributed by atoms with Crippen molar-refractivity contribution in [1.82, 2.24) is 5.32 Å². The third kappa shape index (κ3) is 47.5. The largest absolute Gasteiger partial charge is 0.756 e. The van der Waals surface area contributed by atoms with E-state index in [4.69, 9.17) is 9.05 Å². The minimum Gasteiger partial charge on any atom is -0.756 e. The van der Waals surface area contributed by atoms with E-state index in [0.29, 0.717) is 23.9 Å². The Kier molecular flexibility index (Phi) is 43.2. The van der Waals surface area contributed by atoms with Crippen LogP contribution in [0.5, 0.6) is 0 Å². The molecule has 9 heteroatoms. The molecule has 0 aliphatic carbocycles. The van der Waals surface area contributed by atoms with Gasteiger partial charge in [-0.1, -0.05) is 208 Å². The van der Waals surface area contributed by atoms with Crippen molar-refractivity contribution in [2.45, 2.75) is 212 Å². The average Bonchev–Trinajstić information content (AvgIpc) is 3.24. The number of phosphoric ester groups is 1. The number of nitrogens with zero attached hydrogens (tertiary/aromatic N) is 1. The van der Waals surface area contributed by atoms with Gasteiger partial charge in [-0.2, -0.15) is 0 Å². The number of phosphoric acid groups is 1. The number of quaternary nitrogens is 1. The lowest BCUT2D eigenvalue weighted by Crippen LogP contribution is -2.46. The van der Waals surface area contributed by atoms with Gasteiger partial charge in [-0.25, -0.2) is 0 Å². The number of aliphatic hydroxyl groups is 1. The van der Waals surface area contributed by atoms with Gasteiger partial charge in [0.25, 0.3) is 7.82 Å². The summed E-state index contributed by atoms with van der Waals surface area (Å²) in [6.45, 7) is 4.55. The van der Waals surface area contributed by atoms with Crippen molar-refractivity contribution in [3.05, 3.63) is 85.1 Å². The van der Waals surface area contributed by atoms with E-state index in [0.717, 1.165) is 83.5 Å². The zero-order valence-electron chi connectivity index (χ0n) is 41.2. The lowest BCUT2D eigenvalue weighted by atomic mass is 10.0. The van der Waals surface area contributed by atoms with Crippen molar-refractivity contribution < 1.29 is 32.9 Å². The molecule has 0 aromatic rings. The average molecular weight is 901 g/mol. The Morgan fingerprint density at radius 1 is 0.571 bits per heavy atom. The van der Waals surface area contributed by atoms with Crippen molar-refractivity contribution in [3.8, 4) is 0 Å². The number of allylic oxidation sites excluding steroid dienone is 14. The Labute approximate surface area is 388 Å². The molecule has 0 rings (SSSR count). The number of nitrogens with one attached hydrogen (secondary N) is 1. The number of carbonyl (C=O) groups excluding carboxylic acids is 1. The smallest absolute Gasteiger partial charge is 0.268 e. The summed E-state index contributed by atoms with van der Waals surface area (Å²) < 4.78 is 23.2. The van der Waals surface area contributed by atoms with Gasteiger partial charge in [0.2, 0.25) is 5.91 Å². The molecular weight excluding hydrogens is 804 g/mol. The van der Waals surface area contributed by atoms with Crippen LogP contribution in [0.15, 0.2) is 85.1 Å². The summed E-state index contributed by atoms with van der Waals surface area (Å²) in [7, 11) is 1.29. The predicted octanol–water partition coefficient (Wildman–Crippen LogP) is 14.3. The van der Waals surface area contributed by atoms with E-state index < -0.39 is 20.0 Å². The molecule has 0 spiro atoms. The maximum absolute atomic E-state index is 12.9. The molecule has 0 heterocycles. The van der Waals surface area contributed by atoms with Gasteiger partial charge < -0.3 is 28.8 Å². The van der Waals surface area contributed by atoms with Crippen LogP contribution in [0.3, 0.4) is 0 Å². The van der Waals surface area contributed by atoms with Gasteiger partial charge in [0.1, 0.15) is 13.2 Å². The Bertz CT molecular complexity index is 1300. The fraction of sp³-hybridized carbons (Fsp3) is 0.722. The standard InChI is InChI=1S/C54H97N2O6P/c1-6-8-10-12-14-16-17-18-19-20-21-22-23-24-25-26-27-28-29-30-31-32-33-34-35-36-37-38-39-40-42-44-46-48-54(58)55-52(51-62-63(59,60)61-50-49-56(3,4)5)53(57)47-45-43-41-15-13-11-9-7-2/h8,10,14,16,18-19,21-22,24-25,27-28,30-31,52-53,57H,6-7,9,11-13,15,17,20,23,26,29,32-51H2,1-5H3,(H-,55,58,59,60)/b10-8-,16-14-,19-18-,22-21-,25-24-,28-27-,31-30-. The highest BCUT2D eigenvalue weighted by atomic mass is 31.2. The van der Waals surface area contributed by atoms with Crippen molar-refractivity contribution >= 4 is 13.7 Å². The van der Waals surface area contributed by atoms with Gasteiger partial charge >= 0.3 is 0 Å². The normalized spacial score (nSPS) is 14.8. The summed E-state index contributed by atoms with van der Waals surface area (Å²) in [6.07, 6.45) is 61.9. The van der Waals surface area contributed by atoms with Crippen molar-refractivity contribution in [1.29, 1.82) is 0 Å². The highest BCUT2D eigenvalue weighted by Gasteiger charge is 2.24. The van der Waals surface area contributed by atoms with E-state index in [-0.39, 0.29) is 19.1 Å². The molecule has 2 N–H and O–H groups in total. The molecule has 0 aliphatic heterocycles. The molecule has 0 saturated carbocycles. The fourth-order valence-corrected chi connectivity index (χ4v) is 7.62. The third-order valence-corrected chi connectivity index (χ3v) is 11.9. The number of carbonyl (C=O) groups is 1. The second-order valence-electron chi connectivity index (χ2n) is 18.1. The summed E-state index contributed by atoms with van der Waals surface area (Å²) in [4.78, 5) is 25.3. The molecule has 3 atom stereocenters. The van der Waals surface area contributed by atoms with Crippen LogP contribution in [0.2, 0.25) is 0 Å². The van der Waals surface area contributed by atoms with Crippen LogP contribution in [-0.2, 0) is 18.4 Å². The number of amides is 1. The van der Waals surface area contributed by atoms with Gasteiger partial charge in [-0.3, -0.25) is 9.36 Å². The van der Waals surface area contributed by atoms with E-state index in [1.165, 1.54) is 89.9 Å². The number of hydrogen-bond donors (Lipinski definition) is 2. The number of unbranched alkanes of at least 4 members (excludes halogenated alkanes) is 18. The first-order valence-electron chi connectivity index (χ1n) is 25.4. The maximum Gasteiger partial charge on any atom is 0.268 e. The summed E-state index contributed by atoms with van der Waals surface area (Å²) in [5.41, 5.74) is 0. The van der Waals surface area contributed by atoms with E-state index in [1.54, 1.807) is 0 Å². The van der Waals surface area contributed by atoms with Crippen LogP contribution in [0.25, 0.3) is 0 Å². The fourth-order valence-electron chi connectivity index (χ4n) is 6.90. The van der Waals surface area contributed by atoms with Crippen LogP contribution >= 0.6 is 7.82 Å². The third-order valence-electron chi connectivity index (χ3n) is 10.9. The van der Waals surface area contributed by atoms with Gasteiger partial charge in [0.05, 0.1) is 39.9 Å². The molecule has 0 radical (unpaired) electrons. The van der Waals surface area contributed by atoms with Gasteiger partial charge in [0.15, 0.2) is 0 Å². The Balaban J connectivity index is 4.03. The highest BCUT2D eigenvalue weighted by Crippen LogP contribution is 2.38. The zero-order valence-corrected chi connectivity index (χ0v) is 42.1. The summed E-state index contributed by atoms with van der Waals surface area (Å²) in [5.74, 6) is -0.175. The summed E-state index contributed by atoms with van der Waals surface area (Å²) >= 11 is 0. The van der Waals surface area contributed by atoms with Crippen LogP contribution in [0, 0.1) is 0 Å². The molecule has 0 saturated heterocycles. The van der Waals surface area contributed by atoms with E-state index in [9.17, 15) is 19.4 Å². The molecule has 63 heavy (non-hydrogen) atoms. The SMILES string of the molecule is CC/C=C\C/C=C\C/C=C\C/C=C\C/C=C\C/C=C\C/C=C\CCCCCCCCCCCCCC(=O)NC(COP(=O)([O-])OCC[N+](C)(C)C)C(O)CCCCCCCCCC. The number of aliphatic hydroxyl groups excluding tert-OH is 1. The van der Waals surface area contributed by atoms with Crippen LogP contribution < -0.4 is 10.2 Å². The molecule has 0 fully saturated rings. The first kappa shape index (κ1) is 60.7. The van der Waals surface area contributed by atoms with Gasteiger partial charge in [-0.15, -0.1) is 0 Å². The van der Waals surface area contributed by atoms with E-state index in [1.807, 2.05) is 21.1 Å². The van der Waals surface area contributed by atoms with Crippen LogP contribution in [0.4, 0.5) is 0 Å². The quantitative estimate of drug-likeness (QED) is 0.0273. The molecule has 0 aromatic carbocycles. The summed E-state index contributed by atoms with van der Waals surface area (Å²) in [6, 6.07) is -0.804. The highest BCUT2D eigenvalue weighted by molar-refractivity contribution is 7.45. The summed E-state index contributed by atoms with van der Waals surface area (Å²) in [5, 5.41) is 13.8. The number of likely N-dealkylation sites (N-methyl/N-ethyl adjacent to an activating group) is 1. The second kappa shape index (κ2) is 44.9. The first-order valence-corrected chi connectivity index (χ1v) is 26.9. The molecule has 8 nitrogen and oxygen atoms in total. The van der Waals surface area contributed by atoms with Crippen LogP contribution in [0.1, 0.15) is 200 Å². The van der Waals surface area contributed by atoms with E-state index >= 15 is 0 Å². The molecule has 0 bridgehead atoms. The minimum absolute atomic E-state index is 0.00779. The van der Waals surface area contributed by atoms with Crippen LogP contribution in [-0.4, -0.2) is 68.5 Å². The van der Waals surface area contributed by atoms with Crippen molar-refractivity contribution in [2.75, 3.05) is 40.9 Å². The molecule has 0 aromatic heterocycles. The zero-order chi connectivity index (χ0) is 46.4. The second-order valence-corrected chi connectivity index (χ2v) is 19.6. The predicted molar refractivity (Wildman–Crippen MR) is 270 cm³/mol. The molecule has 364 valence electrons. The monoisotopic (exact) mass is 901 g/mol. The number of rotatable bonds is 45. The van der Waals surface area contributed by atoms with E-state index in [2.05, 4.69) is 104 Å². The van der Waals surface area contributed by atoms with Gasteiger partial charge in [-0.05, 0) is 70.6 Å². The van der Waals surface area contributed by atoms with Crippen molar-refractivity contribution in [3.63, 3.8) is 0 Å². The van der Waals surface area contributed by atoms with Crippen molar-refractivity contribution in [2.24, 2.45) is 0 Å². The topological polar surface area (TPSA) is 108 Å². The molecular formula is C54H97N2O6P. The lowest BCUT2D eigenvalue weighted by Gasteiger charge is -2.30. The Morgan fingerprint density at radius 2 is 0.968 bits per heavy atom. The maximum atomic E-state index is 12.9. The Hall–Kier alpha value is -2.32. The molecule has 0 aliphatic rings. The lowest BCUT2D eigenvalue weighted by molar-refractivity contribution is -0.870. The molecule has 3 unspecified atom stereocenters. The Morgan fingerprint density at radius 3 is 1.41 bits per heavy atom.